The largest absolute Gasteiger partial charge is 0.486 e. The van der Waals surface area contributed by atoms with Gasteiger partial charge in [-0.25, -0.2) is 4.39 Å². The number of ether oxygens (including phenoxy) is 1. The average molecular weight is 230 g/mol. The first-order valence-corrected chi connectivity index (χ1v) is 5.60. The van der Waals surface area contributed by atoms with Crippen molar-refractivity contribution in [3.63, 3.8) is 0 Å². The molecular formula is C15H15FO. The number of hydrogen-bond acceptors (Lipinski definition) is 1. The van der Waals surface area contributed by atoms with E-state index in [-0.39, 0.29) is 5.82 Å². The summed E-state index contributed by atoms with van der Waals surface area (Å²) >= 11 is 0. The van der Waals surface area contributed by atoms with Crippen LogP contribution in [0.3, 0.4) is 0 Å². The van der Waals surface area contributed by atoms with Gasteiger partial charge in [0, 0.05) is 0 Å². The van der Waals surface area contributed by atoms with Gasteiger partial charge < -0.3 is 4.74 Å². The van der Waals surface area contributed by atoms with Crippen molar-refractivity contribution in [1.82, 2.24) is 0 Å². The molecule has 88 valence electrons. The van der Waals surface area contributed by atoms with Crippen LogP contribution in [-0.4, -0.2) is 0 Å². The lowest BCUT2D eigenvalue weighted by Gasteiger charge is -2.11. The van der Waals surface area contributed by atoms with Crippen LogP contribution in [0.25, 0.3) is 0 Å². The van der Waals surface area contributed by atoms with Crippen LogP contribution in [0.5, 0.6) is 5.75 Å². The van der Waals surface area contributed by atoms with Gasteiger partial charge in [0.2, 0.25) is 0 Å². The highest BCUT2D eigenvalue weighted by Gasteiger charge is 2.08. The van der Waals surface area contributed by atoms with Crippen LogP contribution in [0.15, 0.2) is 42.5 Å². The molecule has 0 bridgehead atoms. The molecular weight excluding hydrogens is 215 g/mol. The molecule has 1 nitrogen and oxygen atoms in total. The molecule has 0 saturated carbocycles. The van der Waals surface area contributed by atoms with E-state index in [2.05, 4.69) is 0 Å². The van der Waals surface area contributed by atoms with Crippen LogP contribution in [-0.2, 0) is 6.61 Å². The van der Waals surface area contributed by atoms with Gasteiger partial charge in [0.15, 0.2) is 11.6 Å². The standard InChI is InChI=1S/C15H15FO/c1-11-8-12(2)15(14(16)9-11)17-10-13-6-4-3-5-7-13/h3-9H,10H2,1-2H3. The monoisotopic (exact) mass is 230 g/mol. The molecule has 0 aromatic heterocycles. The molecule has 0 amide bonds. The Morgan fingerprint density at radius 1 is 1.06 bits per heavy atom. The van der Waals surface area contributed by atoms with Crippen LogP contribution in [0, 0.1) is 19.7 Å². The second-order valence-electron chi connectivity index (χ2n) is 4.17. The Balaban J connectivity index is 2.15. The maximum absolute atomic E-state index is 13.7. The van der Waals surface area contributed by atoms with E-state index in [0.29, 0.717) is 12.4 Å². The SMILES string of the molecule is Cc1cc(C)c(OCc2ccccc2)c(F)c1. The van der Waals surface area contributed by atoms with Gasteiger partial charge in [-0.1, -0.05) is 36.4 Å². The van der Waals surface area contributed by atoms with E-state index in [0.717, 1.165) is 16.7 Å². The van der Waals surface area contributed by atoms with Crippen LogP contribution in [0.2, 0.25) is 0 Å². The number of benzene rings is 2. The fourth-order valence-electron chi connectivity index (χ4n) is 1.82. The summed E-state index contributed by atoms with van der Waals surface area (Å²) in [6.45, 7) is 4.12. The number of aryl methyl sites for hydroxylation is 2. The lowest BCUT2D eigenvalue weighted by molar-refractivity contribution is 0.288. The van der Waals surface area contributed by atoms with Gasteiger partial charge >= 0.3 is 0 Å². The summed E-state index contributed by atoms with van der Waals surface area (Å²) in [6.07, 6.45) is 0. The van der Waals surface area contributed by atoms with E-state index < -0.39 is 0 Å². The van der Waals surface area contributed by atoms with Crippen molar-refractivity contribution in [2.45, 2.75) is 20.5 Å². The smallest absolute Gasteiger partial charge is 0.165 e. The van der Waals surface area contributed by atoms with E-state index in [4.69, 9.17) is 4.74 Å². The van der Waals surface area contributed by atoms with E-state index >= 15 is 0 Å². The van der Waals surface area contributed by atoms with Gasteiger partial charge in [-0.15, -0.1) is 0 Å². The fourth-order valence-corrected chi connectivity index (χ4v) is 1.82. The normalized spacial score (nSPS) is 10.3. The maximum Gasteiger partial charge on any atom is 0.165 e. The summed E-state index contributed by atoms with van der Waals surface area (Å²) in [4.78, 5) is 0. The molecule has 0 unspecified atom stereocenters. The zero-order valence-corrected chi connectivity index (χ0v) is 10.0. The van der Waals surface area contributed by atoms with Crippen molar-refractivity contribution in [2.75, 3.05) is 0 Å². The first kappa shape index (κ1) is 11.6. The van der Waals surface area contributed by atoms with E-state index in [1.54, 1.807) is 0 Å². The highest BCUT2D eigenvalue weighted by molar-refractivity contribution is 5.37. The topological polar surface area (TPSA) is 9.23 Å². The summed E-state index contributed by atoms with van der Waals surface area (Å²) in [5.74, 6) is 0.0536. The van der Waals surface area contributed by atoms with Crippen LogP contribution >= 0.6 is 0 Å². The molecule has 0 N–H and O–H groups in total. The van der Waals surface area contributed by atoms with Crippen molar-refractivity contribution >= 4 is 0 Å². The number of rotatable bonds is 3. The molecule has 0 spiro atoms. The van der Waals surface area contributed by atoms with E-state index in [1.807, 2.05) is 50.2 Å². The summed E-state index contributed by atoms with van der Waals surface area (Å²) in [7, 11) is 0. The van der Waals surface area contributed by atoms with Gasteiger partial charge in [0.1, 0.15) is 6.61 Å². The minimum atomic E-state index is -0.293. The van der Waals surface area contributed by atoms with Crippen molar-refractivity contribution < 1.29 is 9.13 Å². The third-order valence-corrected chi connectivity index (χ3v) is 2.60. The summed E-state index contributed by atoms with van der Waals surface area (Å²) in [5, 5.41) is 0. The predicted molar refractivity (Wildman–Crippen MR) is 66.6 cm³/mol. The first-order chi connectivity index (χ1) is 8.16. The third-order valence-electron chi connectivity index (χ3n) is 2.60. The fraction of sp³-hybridized carbons (Fsp3) is 0.200. The molecule has 0 heterocycles. The lowest BCUT2D eigenvalue weighted by Crippen LogP contribution is -1.99. The van der Waals surface area contributed by atoms with Crippen LogP contribution < -0.4 is 4.74 Å². The van der Waals surface area contributed by atoms with Crippen LogP contribution in [0.4, 0.5) is 4.39 Å². The molecule has 0 atom stereocenters. The van der Waals surface area contributed by atoms with Gasteiger partial charge in [-0.2, -0.15) is 0 Å². The molecule has 0 aliphatic rings. The Bertz CT molecular complexity index is 483. The zero-order valence-electron chi connectivity index (χ0n) is 10.0. The molecule has 0 radical (unpaired) electrons. The number of halogens is 1. The summed E-state index contributed by atoms with van der Waals surface area (Å²) < 4.78 is 19.2. The molecule has 0 aliphatic carbocycles. The Morgan fingerprint density at radius 3 is 2.41 bits per heavy atom. The molecule has 0 aliphatic heterocycles. The first-order valence-electron chi connectivity index (χ1n) is 5.60. The highest BCUT2D eigenvalue weighted by Crippen LogP contribution is 2.24. The van der Waals surface area contributed by atoms with Gasteiger partial charge in [-0.05, 0) is 36.6 Å². The van der Waals surface area contributed by atoms with Crippen molar-refractivity contribution in [3.05, 3.63) is 65.0 Å². The third kappa shape index (κ3) is 2.84. The average Bonchev–Trinajstić information content (AvgIpc) is 2.29. The predicted octanol–water partition coefficient (Wildman–Crippen LogP) is 4.02. The second-order valence-corrected chi connectivity index (χ2v) is 4.17. The zero-order chi connectivity index (χ0) is 12.3. The van der Waals surface area contributed by atoms with Crippen LogP contribution in [0.1, 0.15) is 16.7 Å². The Labute approximate surface area is 101 Å². The minimum Gasteiger partial charge on any atom is -0.486 e. The molecule has 2 aromatic rings. The van der Waals surface area contributed by atoms with E-state index in [1.165, 1.54) is 6.07 Å². The van der Waals surface area contributed by atoms with Gasteiger partial charge in [0.25, 0.3) is 0 Å². The highest BCUT2D eigenvalue weighted by atomic mass is 19.1. The molecule has 2 aromatic carbocycles. The summed E-state index contributed by atoms with van der Waals surface area (Å²) in [6, 6.07) is 13.2. The van der Waals surface area contributed by atoms with Gasteiger partial charge in [0.05, 0.1) is 0 Å². The Hall–Kier alpha value is -1.83. The van der Waals surface area contributed by atoms with Crippen molar-refractivity contribution in [3.8, 4) is 5.75 Å². The second kappa shape index (κ2) is 5.00. The molecule has 17 heavy (non-hydrogen) atoms. The maximum atomic E-state index is 13.7. The summed E-state index contributed by atoms with van der Waals surface area (Å²) in [5.41, 5.74) is 2.78. The van der Waals surface area contributed by atoms with Crippen molar-refractivity contribution in [2.24, 2.45) is 0 Å². The quantitative estimate of drug-likeness (QED) is 0.773. The molecule has 0 fully saturated rings. The Morgan fingerprint density at radius 2 is 1.76 bits per heavy atom. The van der Waals surface area contributed by atoms with Gasteiger partial charge in [-0.3, -0.25) is 0 Å². The number of hydrogen-bond donors (Lipinski definition) is 0. The molecule has 2 heteroatoms. The molecule has 2 rings (SSSR count). The minimum absolute atomic E-state index is 0.293. The Kier molecular flexibility index (Phi) is 3.43. The lowest BCUT2D eigenvalue weighted by atomic mass is 10.1. The van der Waals surface area contributed by atoms with Crippen molar-refractivity contribution in [1.29, 1.82) is 0 Å². The molecule has 0 saturated heterocycles. The van der Waals surface area contributed by atoms with E-state index in [9.17, 15) is 4.39 Å².